The molecule has 9 heteroatoms. The molecule has 1 aliphatic heterocycles. The van der Waals surface area contributed by atoms with Gasteiger partial charge in [-0.3, -0.25) is 9.59 Å². The molecule has 2 heterocycles. The Kier molecular flexibility index (Phi) is 6.07. The molecule has 0 radical (unpaired) electrons. The van der Waals surface area contributed by atoms with E-state index >= 15 is 0 Å². The number of amides is 2. The monoisotopic (exact) mass is 436 g/mol. The molecule has 0 bridgehead atoms. The highest BCUT2D eigenvalue weighted by Gasteiger charge is 2.22. The van der Waals surface area contributed by atoms with Crippen molar-refractivity contribution in [3.8, 4) is 22.9 Å². The summed E-state index contributed by atoms with van der Waals surface area (Å²) in [7, 11) is 3.13. The van der Waals surface area contributed by atoms with Crippen LogP contribution in [0.4, 0.5) is 11.4 Å². The minimum Gasteiger partial charge on any atom is -0.493 e. The normalized spacial score (nSPS) is 12.4. The SMILES string of the molecule is COc1ccc(-c2noc(CCC(=O)Nc3ccc4c(c3)CCN4C(C)=O)n2)cc1OC. The lowest BCUT2D eigenvalue weighted by Crippen LogP contribution is -2.25. The van der Waals surface area contributed by atoms with Crippen LogP contribution in [0.15, 0.2) is 40.9 Å². The highest BCUT2D eigenvalue weighted by molar-refractivity contribution is 5.95. The van der Waals surface area contributed by atoms with Crippen LogP contribution in [0.25, 0.3) is 11.4 Å². The minimum atomic E-state index is -0.155. The van der Waals surface area contributed by atoms with E-state index in [2.05, 4.69) is 15.5 Å². The number of carbonyl (C=O) groups is 2. The topological polar surface area (TPSA) is 107 Å². The molecule has 1 aliphatic rings. The van der Waals surface area contributed by atoms with Crippen molar-refractivity contribution in [3.63, 3.8) is 0 Å². The fraction of sp³-hybridized carbons (Fsp3) is 0.304. The molecule has 1 aromatic heterocycles. The van der Waals surface area contributed by atoms with Gasteiger partial charge in [0.05, 0.1) is 14.2 Å². The van der Waals surface area contributed by atoms with Gasteiger partial charge in [-0.2, -0.15) is 4.98 Å². The summed E-state index contributed by atoms with van der Waals surface area (Å²) >= 11 is 0. The number of hydrogen-bond donors (Lipinski definition) is 1. The van der Waals surface area contributed by atoms with Crippen molar-refractivity contribution in [1.29, 1.82) is 0 Å². The van der Waals surface area contributed by atoms with Gasteiger partial charge in [-0.25, -0.2) is 0 Å². The Morgan fingerprint density at radius 3 is 2.69 bits per heavy atom. The summed E-state index contributed by atoms with van der Waals surface area (Å²) < 4.78 is 15.8. The number of rotatable bonds is 7. The Balaban J connectivity index is 1.36. The van der Waals surface area contributed by atoms with E-state index in [1.54, 1.807) is 44.2 Å². The summed E-state index contributed by atoms with van der Waals surface area (Å²) in [6.45, 7) is 2.22. The van der Waals surface area contributed by atoms with E-state index in [0.29, 0.717) is 41.9 Å². The second-order valence-corrected chi connectivity index (χ2v) is 7.39. The molecule has 0 aliphatic carbocycles. The zero-order valence-corrected chi connectivity index (χ0v) is 18.2. The van der Waals surface area contributed by atoms with Gasteiger partial charge in [0.25, 0.3) is 0 Å². The molecule has 0 saturated carbocycles. The zero-order valence-electron chi connectivity index (χ0n) is 18.2. The van der Waals surface area contributed by atoms with Crippen LogP contribution < -0.4 is 19.7 Å². The van der Waals surface area contributed by atoms with Crippen molar-refractivity contribution < 1.29 is 23.6 Å². The van der Waals surface area contributed by atoms with Crippen molar-refractivity contribution in [1.82, 2.24) is 10.1 Å². The second-order valence-electron chi connectivity index (χ2n) is 7.39. The summed E-state index contributed by atoms with van der Waals surface area (Å²) in [5, 5.41) is 6.88. The Bertz CT molecular complexity index is 1160. The average molecular weight is 436 g/mol. The molecule has 3 aromatic rings. The molecule has 2 amide bonds. The summed E-state index contributed by atoms with van der Waals surface area (Å²) in [4.78, 5) is 30.2. The van der Waals surface area contributed by atoms with Gasteiger partial charge in [0.2, 0.25) is 23.5 Å². The summed E-state index contributed by atoms with van der Waals surface area (Å²) in [6.07, 6.45) is 1.29. The first kappa shape index (κ1) is 21.4. The van der Waals surface area contributed by atoms with Gasteiger partial charge in [-0.1, -0.05) is 5.16 Å². The lowest BCUT2D eigenvalue weighted by Gasteiger charge is -2.15. The van der Waals surface area contributed by atoms with E-state index in [1.807, 2.05) is 18.2 Å². The molecule has 9 nitrogen and oxygen atoms in total. The maximum absolute atomic E-state index is 12.4. The highest BCUT2D eigenvalue weighted by Crippen LogP contribution is 2.32. The number of hydrogen-bond acceptors (Lipinski definition) is 7. The molecule has 0 spiro atoms. The number of fused-ring (bicyclic) bond motifs is 1. The van der Waals surface area contributed by atoms with Crippen LogP contribution in [0.3, 0.4) is 0 Å². The predicted molar refractivity (Wildman–Crippen MR) is 118 cm³/mol. The number of nitrogens with one attached hydrogen (secondary N) is 1. The van der Waals surface area contributed by atoms with Gasteiger partial charge in [0.1, 0.15) is 0 Å². The van der Waals surface area contributed by atoms with Crippen molar-refractivity contribution in [2.45, 2.75) is 26.2 Å². The van der Waals surface area contributed by atoms with Crippen molar-refractivity contribution >= 4 is 23.2 Å². The standard InChI is InChI=1S/C23H24N4O5/c1-14(28)27-11-10-15-12-17(5-6-18(15)27)24-21(29)8-9-22-25-23(26-32-22)16-4-7-19(30-2)20(13-16)31-3/h4-7,12-13H,8-11H2,1-3H3,(H,24,29). The van der Waals surface area contributed by atoms with Crippen molar-refractivity contribution in [2.24, 2.45) is 0 Å². The Morgan fingerprint density at radius 1 is 1.12 bits per heavy atom. The molecule has 0 unspecified atom stereocenters. The van der Waals surface area contributed by atoms with E-state index in [4.69, 9.17) is 14.0 Å². The number of ether oxygens (including phenoxy) is 2. The molecule has 4 rings (SSSR count). The first-order valence-electron chi connectivity index (χ1n) is 10.2. The van der Waals surface area contributed by atoms with E-state index in [9.17, 15) is 9.59 Å². The van der Waals surface area contributed by atoms with Gasteiger partial charge < -0.3 is 24.2 Å². The third-order valence-electron chi connectivity index (χ3n) is 5.31. The Labute approximate surface area is 185 Å². The molecular weight excluding hydrogens is 412 g/mol. The minimum absolute atomic E-state index is 0.0209. The fourth-order valence-electron chi connectivity index (χ4n) is 3.70. The van der Waals surface area contributed by atoms with Crippen LogP contribution in [0.2, 0.25) is 0 Å². The van der Waals surface area contributed by atoms with E-state index in [1.165, 1.54) is 0 Å². The molecule has 0 saturated heterocycles. The molecule has 0 atom stereocenters. The summed E-state index contributed by atoms with van der Waals surface area (Å²) in [5.41, 5.74) is 3.38. The lowest BCUT2D eigenvalue weighted by molar-refractivity contribution is -0.117. The Morgan fingerprint density at radius 2 is 1.94 bits per heavy atom. The quantitative estimate of drug-likeness (QED) is 0.606. The van der Waals surface area contributed by atoms with Gasteiger partial charge in [0, 0.05) is 43.2 Å². The number of benzene rings is 2. The highest BCUT2D eigenvalue weighted by atomic mass is 16.5. The Hall–Kier alpha value is -3.88. The number of nitrogens with zero attached hydrogens (tertiary/aromatic N) is 3. The zero-order chi connectivity index (χ0) is 22.7. The average Bonchev–Trinajstić information content (AvgIpc) is 3.44. The first-order valence-corrected chi connectivity index (χ1v) is 10.2. The van der Waals surface area contributed by atoms with Crippen LogP contribution >= 0.6 is 0 Å². The van der Waals surface area contributed by atoms with Crippen LogP contribution in [0.1, 0.15) is 24.8 Å². The van der Waals surface area contributed by atoms with Gasteiger partial charge in [-0.05, 0) is 48.4 Å². The third-order valence-corrected chi connectivity index (χ3v) is 5.31. The van der Waals surface area contributed by atoms with E-state index in [-0.39, 0.29) is 18.2 Å². The number of anilines is 2. The van der Waals surface area contributed by atoms with Gasteiger partial charge >= 0.3 is 0 Å². The number of aryl methyl sites for hydroxylation is 1. The third kappa shape index (κ3) is 4.41. The molecule has 1 N–H and O–H groups in total. The molecular formula is C23H24N4O5. The smallest absolute Gasteiger partial charge is 0.227 e. The number of methoxy groups -OCH3 is 2. The molecule has 2 aromatic carbocycles. The van der Waals surface area contributed by atoms with E-state index in [0.717, 1.165) is 23.2 Å². The van der Waals surface area contributed by atoms with Crippen LogP contribution in [-0.2, 0) is 22.4 Å². The van der Waals surface area contributed by atoms with Crippen LogP contribution in [0.5, 0.6) is 11.5 Å². The maximum atomic E-state index is 12.4. The predicted octanol–water partition coefficient (Wildman–Crippen LogP) is 3.23. The summed E-state index contributed by atoms with van der Waals surface area (Å²) in [5.74, 6) is 1.82. The maximum Gasteiger partial charge on any atom is 0.227 e. The fourth-order valence-corrected chi connectivity index (χ4v) is 3.70. The first-order chi connectivity index (χ1) is 15.5. The van der Waals surface area contributed by atoms with Crippen LogP contribution in [-0.4, -0.2) is 42.7 Å². The van der Waals surface area contributed by atoms with Crippen molar-refractivity contribution in [3.05, 3.63) is 47.9 Å². The van der Waals surface area contributed by atoms with Gasteiger partial charge in [0.15, 0.2) is 11.5 Å². The van der Waals surface area contributed by atoms with Gasteiger partial charge in [-0.15, -0.1) is 0 Å². The number of aromatic nitrogens is 2. The van der Waals surface area contributed by atoms with Crippen LogP contribution in [0, 0.1) is 0 Å². The summed E-state index contributed by atoms with van der Waals surface area (Å²) in [6, 6.07) is 10.9. The number of carbonyl (C=O) groups excluding carboxylic acids is 2. The lowest BCUT2D eigenvalue weighted by atomic mass is 10.1. The molecule has 166 valence electrons. The van der Waals surface area contributed by atoms with E-state index < -0.39 is 0 Å². The molecule has 0 fully saturated rings. The van der Waals surface area contributed by atoms with Crippen molar-refractivity contribution in [2.75, 3.05) is 31.0 Å². The largest absolute Gasteiger partial charge is 0.493 e. The molecule has 32 heavy (non-hydrogen) atoms. The second kappa shape index (κ2) is 9.09.